The Morgan fingerprint density at radius 3 is 1.29 bits per heavy atom. The zero-order chi connectivity index (χ0) is 18.7. The van der Waals surface area contributed by atoms with Crippen LogP contribution in [0, 0.1) is 23.5 Å². The van der Waals surface area contributed by atoms with Crippen LogP contribution in [0.5, 0.6) is 11.5 Å². The van der Waals surface area contributed by atoms with Gasteiger partial charge in [0.25, 0.3) is 11.8 Å². The zero-order valence-electron chi connectivity index (χ0n) is 13.8. The molecule has 1 aromatic carbocycles. The third-order valence-electron chi connectivity index (χ3n) is 3.54. The van der Waals surface area contributed by atoms with Crippen LogP contribution in [0.1, 0.15) is 27.7 Å². The number of benzene rings is 1. The highest BCUT2D eigenvalue weighted by atomic mass is 19.3. The van der Waals surface area contributed by atoms with Crippen LogP contribution in [0.2, 0.25) is 0 Å². The highest BCUT2D eigenvalue weighted by Gasteiger charge is 2.36. The number of hydrogen-bond acceptors (Lipinski definition) is 2. The molecule has 0 amide bonds. The van der Waals surface area contributed by atoms with Crippen molar-refractivity contribution in [2.45, 2.75) is 39.5 Å². The SMILES string of the molecule is CC(C)C(F)(F)COc1ccc(OCC(F)(F)C(C)C)c(F)c1F. The molecule has 0 atom stereocenters. The van der Waals surface area contributed by atoms with Crippen molar-refractivity contribution in [2.75, 3.05) is 13.2 Å². The van der Waals surface area contributed by atoms with Crippen LogP contribution < -0.4 is 9.47 Å². The van der Waals surface area contributed by atoms with Crippen molar-refractivity contribution in [3.05, 3.63) is 23.8 Å². The van der Waals surface area contributed by atoms with E-state index in [0.717, 1.165) is 12.1 Å². The molecule has 1 aromatic rings. The second kappa shape index (κ2) is 7.53. The van der Waals surface area contributed by atoms with Gasteiger partial charge in [-0.05, 0) is 12.1 Å². The lowest BCUT2D eigenvalue weighted by Gasteiger charge is -2.22. The molecule has 2 nitrogen and oxygen atoms in total. The normalized spacial score (nSPS) is 12.8. The van der Waals surface area contributed by atoms with Gasteiger partial charge >= 0.3 is 0 Å². The van der Waals surface area contributed by atoms with Gasteiger partial charge in [0.1, 0.15) is 0 Å². The van der Waals surface area contributed by atoms with Crippen molar-refractivity contribution in [1.29, 1.82) is 0 Å². The van der Waals surface area contributed by atoms with Crippen LogP contribution in [0.25, 0.3) is 0 Å². The summed E-state index contributed by atoms with van der Waals surface area (Å²) in [5.74, 6) is -13.2. The first kappa shape index (κ1) is 20.4. The molecule has 0 unspecified atom stereocenters. The van der Waals surface area contributed by atoms with E-state index < -0.39 is 60.0 Å². The van der Waals surface area contributed by atoms with Crippen LogP contribution in [-0.2, 0) is 0 Å². The fourth-order valence-corrected chi connectivity index (χ4v) is 1.42. The lowest BCUT2D eigenvalue weighted by atomic mass is 10.1. The number of alkyl halides is 4. The van der Waals surface area contributed by atoms with Crippen molar-refractivity contribution < 1.29 is 35.8 Å². The molecular weight excluding hydrogens is 338 g/mol. The summed E-state index contributed by atoms with van der Waals surface area (Å²) in [7, 11) is 0. The number of halogens is 6. The highest BCUT2D eigenvalue weighted by molar-refractivity contribution is 5.35. The van der Waals surface area contributed by atoms with Crippen molar-refractivity contribution in [3.63, 3.8) is 0 Å². The Morgan fingerprint density at radius 2 is 1.04 bits per heavy atom. The third-order valence-corrected chi connectivity index (χ3v) is 3.54. The molecule has 0 heterocycles. The molecule has 0 fully saturated rings. The Bertz CT molecular complexity index is 509. The summed E-state index contributed by atoms with van der Waals surface area (Å²) in [6.45, 7) is 2.76. The maximum atomic E-state index is 13.8. The predicted octanol–water partition coefficient (Wildman–Crippen LogP) is 5.31. The first-order valence-electron chi connectivity index (χ1n) is 7.37. The smallest absolute Gasteiger partial charge is 0.283 e. The van der Waals surface area contributed by atoms with E-state index in [4.69, 9.17) is 0 Å². The van der Waals surface area contributed by atoms with Crippen LogP contribution >= 0.6 is 0 Å². The Hall–Kier alpha value is -1.60. The fourth-order valence-electron chi connectivity index (χ4n) is 1.42. The zero-order valence-corrected chi connectivity index (χ0v) is 13.8. The second-order valence-electron chi connectivity index (χ2n) is 6.10. The number of hydrogen-bond donors (Lipinski definition) is 0. The first-order chi connectivity index (χ1) is 10.9. The molecule has 24 heavy (non-hydrogen) atoms. The van der Waals surface area contributed by atoms with Gasteiger partial charge in [-0.2, -0.15) is 8.78 Å². The average Bonchev–Trinajstić information content (AvgIpc) is 2.47. The van der Waals surface area contributed by atoms with E-state index in [1.54, 1.807) is 0 Å². The van der Waals surface area contributed by atoms with Crippen LogP contribution in [0.3, 0.4) is 0 Å². The van der Waals surface area contributed by atoms with Crippen molar-refractivity contribution in [2.24, 2.45) is 11.8 Å². The van der Waals surface area contributed by atoms with Crippen LogP contribution in [0.15, 0.2) is 12.1 Å². The maximum Gasteiger partial charge on any atom is 0.283 e. The second-order valence-corrected chi connectivity index (χ2v) is 6.10. The predicted molar refractivity (Wildman–Crippen MR) is 76.9 cm³/mol. The molecule has 0 aliphatic carbocycles. The minimum Gasteiger partial charge on any atom is -0.484 e. The number of rotatable bonds is 8. The van der Waals surface area contributed by atoms with Crippen molar-refractivity contribution >= 4 is 0 Å². The van der Waals surface area contributed by atoms with E-state index in [1.807, 2.05) is 0 Å². The monoisotopic (exact) mass is 358 g/mol. The minimum absolute atomic E-state index is 0.740. The molecular formula is C16H20F6O2. The van der Waals surface area contributed by atoms with Crippen molar-refractivity contribution in [1.82, 2.24) is 0 Å². The lowest BCUT2D eigenvalue weighted by molar-refractivity contribution is -0.0809. The van der Waals surface area contributed by atoms with Gasteiger partial charge in [-0.15, -0.1) is 0 Å². The summed E-state index contributed by atoms with van der Waals surface area (Å²) in [4.78, 5) is 0. The molecule has 0 radical (unpaired) electrons. The van der Waals surface area contributed by atoms with E-state index >= 15 is 0 Å². The lowest BCUT2D eigenvalue weighted by Crippen LogP contribution is -2.32. The molecule has 0 bridgehead atoms. The van der Waals surface area contributed by atoms with Gasteiger partial charge in [0.05, 0.1) is 0 Å². The summed E-state index contributed by atoms with van der Waals surface area (Å²) < 4.78 is 90.5. The molecule has 0 spiro atoms. The van der Waals surface area contributed by atoms with E-state index in [-0.39, 0.29) is 0 Å². The minimum atomic E-state index is -3.22. The first-order valence-corrected chi connectivity index (χ1v) is 7.37. The molecule has 0 saturated heterocycles. The molecule has 0 aromatic heterocycles. The van der Waals surface area contributed by atoms with Gasteiger partial charge < -0.3 is 9.47 Å². The summed E-state index contributed by atoms with van der Waals surface area (Å²) in [5, 5.41) is 0. The Kier molecular flexibility index (Phi) is 6.41. The largest absolute Gasteiger partial charge is 0.484 e. The van der Waals surface area contributed by atoms with Gasteiger partial charge in [0.2, 0.25) is 11.6 Å². The van der Waals surface area contributed by atoms with Gasteiger partial charge in [-0.1, -0.05) is 27.7 Å². The molecule has 8 heteroatoms. The molecule has 1 rings (SSSR count). The number of ether oxygens (including phenoxy) is 2. The van der Waals surface area contributed by atoms with E-state index in [2.05, 4.69) is 9.47 Å². The highest BCUT2D eigenvalue weighted by Crippen LogP contribution is 2.32. The molecule has 138 valence electrons. The quantitative estimate of drug-likeness (QED) is 0.587. The summed E-state index contributed by atoms with van der Waals surface area (Å²) in [6, 6.07) is 1.72. The Labute approximate surface area is 136 Å². The Balaban J connectivity index is 2.83. The van der Waals surface area contributed by atoms with Crippen LogP contribution in [-0.4, -0.2) is 25.1 Å². The summed E-state index contributed by atoms with van der Waals surface area (Å²) >= 11 is 0. The van der Waals surface area contributed by atoms with E-state index in [1.165, 1.54) is 27.7 Å². The van der Waals surface area contributed by atoms with E-state index in [0.29, 0.717) is 0 Å². The van der Waals surface area contributed by atoms with Gasteiger partial charge in [-0.25, -0.2) is 17.6 Å². The molecule has 0 aliphatic heterocycles. The molecule has 0 aliphatic rings. The Morgan fingerprint density at radius 1 is 0.750 bits per heavy atom. The summed E-state index contributed by atoms with van der Waals surface area (Å²) in [5.41, 5.74) is 0. The molecule has 0 saturated carbocycles. The van der Waals surface area contributed by atoms with Crippen molar-refractivity contribution in [3.8, 4) is 11.5 Å². The van der Waals surface area contributed by atoms with Gasteiger partial charge in [0.15, 0.2) is 24.7 Å². The van der Waals surface area contributed by atoms with Crippen LogP contribution in [0.4, 0.5) is 26.3 Å². The standard InChI is InChI=1S/C16H20F6O2/c1-9(2)15(19,20)7-23-11-5-6-12(14(18)13(11)17)24-8-16(21,22)10(3)4/h5-6,9-10H,7-8H2,1-4H3. The average molecular weight is 358 g/mol. The van der Waals surface area contributed by atoms with Gasteiger partial charge in [-0.3, -0.25) is 0 Å². The van der Waals surface area contributed by atoms with E-state index in [9.17, 15) is 26.3 Å². The topological polar surface area (TPSA) is 18.5 Å². The molecule has 0 N–H and O–H groups in total. The third kappa shape index (κ3) is 4.95. The maximum absolute atomic E-state index is 13.8. The van der Waals surface area contributed by atoms with Gasteiger partial charge in [0, 0.05) is 11.8 Å². The summed E-state index contributed by atoms with van der Waals surface area (Å²) in [6.07, 6.45) is 0. The fraction of sp³-hybridized carbons (Fsp3) is 0.625.